The summed E-state index contributed by atoms with van der Waals surface area (Å²) in [4.78, 5) is 30.0. The molecule has 0 amide bonds. The van der Waals surface area contributed by atoms with Gasteiger partial charge in [0.05, 0.1) is 16.6 Å². The van der Waals surface area contributed by atoms with E-state index in [2.05, 4.69) is 251 Å². The van der Waals surface area contributed by atoms with Crippen molar-refractivity contribution < 1.29 is 9.59 Å². The molecule has 22 rings (SSSR count). The fraction of sp³-hybridized carbons (Fsp3) is 0.461. The molecule has 6 unspecified atom stereocenters. The Morgan fingerprint density at radius 1 is 0.331 bits per heavy atom. The lowest BCUT2D eigenvalue weighted by molar-refractivity contribution is 0.0891. The van der Waals surface area contributed by atoms with E-state index in [0.29, 0.717) is 47.1 Å². The van der Waals surface area contributed by atoms with E-state index >= 15 is 4.79 Å². The van der Waals surface area contributed by atoms with E-state index in [-0.39, 0.29) is 33.5 Å². The fourth-order valence-corrected chi connectivity index (χ4v) is 27.3. The van der Waals surface area contributed by atoms with Crippen LogP contribution in [0.1, 0.15) is 357 Å². The molecule has 6 atom stereocenters. The van der Waals surface area contributed by atoms with E-state index in [1.54, 1.807) is 22.3 Å². The van der Waals surface area contributed by atoms with Crippen molar-refractivity contribution in [3.8, 4) is 77.9 Å². The van der Waals surface area contributed by atoms with Crippen LogP contribution in [0, 0.1) is 35.5 Å². The Morgan fingerprint density at radius 2 is 0.720 bits per heavy atom. The number of Topliss-reactive ketones (excluding diaryl/α,β-unsaturated/α-hetero) is 2. The van der Waals surface area contributed by atoms with Crippen molar-refractivity contribution in [1.29, 1.82) is 0 Å². The largest absolute Gasteiger partial charge is 0.308 e. The minimum absolute atomic E-state index is 0.0714. The summed E-state index contributed by atoms with van der Waals surface area (Å²) in [5, 5.41) is 5.35. The summed E-state index contributed by atoms with van der Waals surface area (Å²) in [7, 11) is 0. The van der Waals surface area contributed by atoms with E-state index in [9.17, 15) is 4.79 Å². The molecule has 10 aliphatic carbocycles. The van der Waals surface area contributed by atoms with Crippen LogP contribution in [0.2, 0.25) is 0 Å². The molecule has 10 aromatic carbocycles. The highest BCUT2D eigenvalue weighted by Gasteiger charge is 2.55. The fourth-order valence-electron chi connectivity index (χ4n) is 27.3. The van der Waals surface area contributed by atoms with Gasteiger partial charge in [-0.3, -0.25) is 9.59 Å². The quantitative estimate of drug-likeness (QED) is 0.0459. The molecule has 0 aliphatic heterocycles. The van der Waals surface area contributed by atoms with E-state index in [1.165, 1.54) is 247 Å². The predicted octanol–water partition coefficient (Wildman–Crippen LogP) is 32.7. The number of nitrogens with zero attached hydrogens (tertiary/aromatic N) is 1. The van der Waals surface area contributed by atoms with Gasteiger partial charge in [0, 0.05) is 66.2 Å². The summed E-state index contributed by atoms with van der Waals surface area (Å²) >= 11 is 0. The summed E-state index contributed by atoms with van der Waals surface area (Å²) in [6.07, 6.45) is 33.9. The molecule has 606 valence electrons. The van der Waals surface area contributed by atoms with Crippen LogP contribution in [-0.4, -0.2) is 16.0 Å². The molecule has 118 heavy (non-hydrogen) atoms. The Balaban J connectivity index is 0.729. The van der Waals surface area contributed by atoms with E-state index in [0.717, 1.165) is 100 Å². The Hall–Kier alpha value is -8.66. The van der Waals surface area contributed by atoms with Crippen molar-refractivity contribution in [2.24, 2.45) is 35.5 Å². The van der Waals surface area contributed by atoms with Crippen LogP contribution in [0.5, 0.6) is 0 Å². The highest BCUT2D eigenvalue weighted by atomic mass is 16.1. The Morgan fingerprint density at radius 3 is 1.19 bits per heavy atom. The van der Waals surface area contributed by atoms with Gasteiger partial charge in [0.25, 0.3) is 0 Å². The number of carbonyl (C=O) groups is 2. The smallest absolute Gasteiger partial charge is 0.166 e. The summed E-state index contributed by atoms with van der Waals surface area (Å²) in [6.45, 7) is 29.6. The zero-order valence-electron chi connectivity index (χ0n) is 73.5. The normalized spacial score (nSPS) is 22.1. The second kappa shape index (κ2) is 30.2. The van der Waals surface area contributed by atoms with Crippen molar-refractivity contribution in [2.75, 3.05) is 0 Å². The number of aromatic nitrogens is 1. The molecule has 4 bridgehead atoms. The van der Waals surface area contributed by atoms with Gasteiger partial charge in [-0.25, -0.2) is 0 Å². The highest BCUT2D eigenvalue weighted by Crippen LogP contribution is 2.66. The van der Waals surface area contributed by atoms with Gasteiger partial charge in [-0.2, -0.15) is 0 Å². The van der Waals surface area contributed by atoms with Gasteiger partial charge in [-0.1, -0.05) is 289 Å². The Labute approximate surface area is 705 Å². The third-order valence-corrected chi connectivity index (χ3v) is 33.6. The van der Waals surface area contributed by atoms with Gasteiger partial charge in [0.1, 0.15) is 0 Å². The van der Waals surface area contributed by atoms with Crippen molar-refractivity contribution in [1.82, 2.24) is 4.40 Å². The second-order valence-electron chi connectivity index (χ2n) is 40.1. The number of hydrogen-bond acceptors (Lipinski definition) is 2. The maximum absolute atomic E-state index is 15.1. The highest BCUT2D eigenvalue weighted by molar-refractivity contribution is 6.28. The molecule has 2 saturated carbocycles. The SMILES string of the molecule is CCCCCCC(CC)C1(C(CC)CCCCC)c2cc(-c3ccc4c(c3)C(C)(C)c3ccccc3-4)ccc2-c2ccc(-c3ccc4c(c3)C(C)(C)c3cc(-c5ccc6c(c5)C(CC(CC)CCCC)(C(CC)CCCCC)c5c-6cc6c7cc8c(cc7n7c9cc%10c(cc9c5c67)C5CCC(CC5)C%10=O)C(=O)C5CCC8CC5)ccc3-4)cc21. The number of rotatable bonds is 28. The van der Waals surface area contributed by atoms with Crippen molar-refractivity contribution in [3.63, 3.8) is 0 Å². The van der Waals surface area contributed by atoms with E-state index in [4.69, 9.17) is 0 Å². The summed E-state index contributed by atoms with van der Waals surface area (Å²) in [6, 6.07) is 67.8. The molecule has 2 heterocycles. The minimum atomic E-state index is -0.296. The second-order valence-corrected chi connectivity index (χ2v) is 40.1. The lowest BCUT2D eigenvalue weighted by Crippen LogP contribution is -2.42. The van der Waals surface area contributed by atoms with Crippen molar-refractivity contribution in [2.45, 2.75) is 303 Å². The zero-order valence-corrected chi connectivity index (χ0v) is 73.5. The lowest BCUT2D eigenvalue weighted by atomic mass is 9.57. The molecule has 2 fully saturated rings. The standard InChI is InChI=1S/C115H129NO2/c1-13-21-25-28-34-82(20-8)115(81(19-7)33-27-23-15-3)103-61-78(75-45-51-84-83-35-29-30-36-98(83)112(9,10)99(84)57-75)48-54-87(103)88-55-49-79(62-104(88)115)76-47-53-86-85-52-46-74(58-100(85)113(11,12)101(86)59-76)77-50-56-89-93-65-94-92-63-90-70-37-41-72(42-38-70)110(117)95(90)66-105(92)116-106-67-96-91(71-39-43-73(44-40-71)111(96)118)64-97(106)107(109(94)116)108(93)114(102(89)60-77,68-69(17-5)31-24-16-4)80(18-6)32-26-22-14-2/h29-30,35-36,45-67,69-73,80-82H,13-28,31-34,37-44,68H2,1-12H3. The van der Waals surface area contributed by atoms with Gasteiger partial charge in [0.15, 0.2) is 11.6 Å². The summed E-state index contributed by atoms with van der Waals surface area (Å²) < 4.78 is 2.62. The number of fused-ring (bicyclic) bond motifs is 23. The third-order valence-electron chi connectivity index (χ3n) is 33.6. The first-order chi connectivity index (χ1) is 57.5. The van der Waals surface area contributed by atoms with E-state index in [1.807, 2.05) is 0 Å². The average molecular weight is 1560 g/mol. The summed E-state index contributed by atoms with van der Waals surface area (Å²) in [5.41, 5.74) is 38.7. The van der Waals surface area contributed by atoms with Crippen LogP contribution in [0.3, 0.4) is 0 Å². The predicted molar refractivity (Wildman–Crippen MR) is 499 cm³/mol. The first kappa shape index (κ1) is 77.9. The van der Waals surface area contributed by atoms with Crippen LogP contribution in [0.25, 0.3) is 116 Å². The number of ketones is 2. The maximum atomic E-state index is 15.1. The molecule has 3 heteroatoms. The van der Waals surface area contributed by atoms with Gasteiger partial charge in [0.2, 0.25) is 0 Å². The topological polar surface area (TPSA) is 38.5 Å². The van der Waals surface area contributed by atoms with Gasteiger partial charge in [-0.15, -0.1) is 0 Å². The Bertz CT molecular complexity index is 5980. The monoisotopic (exact) mass is 1560 g/mol. The maximum Gasteiger partial charge on any atom is 0.166 e. The molecule has 0 N–H and O–H groups in total. The van der Waals surface area contributed by atoms with Gasteiger partial charge in [-0.05, 0) is 313 Å². The van der Waals surface area contributed by atoms with Crippen LogP contribution in [0.15, 0.2) is 164 Å². The zero-order chi connectivity index (χ0) is 81.0. The third kappa shape index (κ3) is 11.6. The average Bonchev–Trinajstić information content (AvgIpc) is 1.49. The number of unbranched alkanes of at least 4 members (excludes halogenated alkanes) is 8. The molecule has 10 aliphatic rings. The Kier molecular flexibility index (Phi) is 19.9. The van der Waals surface area contributed by atoms with Gasteiger partial charge < -0.3 is 4.40 Å². The van der Waals surface area contributed by atoms with Crippen LogP contribution < -0.4 is 0 Å². The molecule has 0 saturated heterocycles. The van der Waals surface area contributed by atoms with Crippen molar-refractivity contribution in [3.05, 3.63) is 231 Å². The molecule has 0 spiro atoms. The van der Waals surface area contributed by atoms with Crippen LogP contribution in [0.4, 0.5) is 0 Å². The van der Waals surface area contributed by atoms with Crippen molar-refractivity contribution >= 4 is 49.7 Å². The van der Waals surface area contributed by atoms with Crippen LogP contribution >= 0.6 is 0 Å². The molecule has 3 nitrogen and oxygen atoms in total. The molecular weight excluding hydrogens is 1430 g/mol. The summed E-state index contributed by atoms with van der Waals surface area (Å²) in [5.74, 6) is 3.65. The minimum Gasteiger partial charge on any atom is -0.308 e. The van der Waals surface area contributed by atoms with Gasteiger partial charge >= 0.3 is 0 Å². The molecular formula is C115H129NO2. The number of hydrogen-bond donors (Lipinski definition) is 0. The number of benzene rings is 10. The number of carbonyl (C=O) groups excluding carboxylic acids is 2. The molecule has 12 aromatic rings. The van der Waals surface area contributed by atoms with Crippen LogP contribution in [-0.2, 0) is 21.7 Å². The molecule has 2 aromatic heterocycles. The lowest BCUT2D eigenvalue weighted by Gasteiger charge is -2.46. The molecule has 0 radical (unpaired) electrons. The first-order valence-electron chi connectivity index (χ1n) is 47.9. The van der Waals surface area contributed by atoms with E-state index < -0.39 is 0 Å². The first-order valence-corrected chi connectivity index (χ1v) is 47.9.